The van der Waals surface area contributed by atoms with Gasteiger partial charge in [0.2, 0.25) is 0 Å². The van der Waals surface area contributed by atoms with Crippen molar-refractivity contribution in [1.29, 1.82) is 0 Å². The van der Waals surface area contributed by atoms with E-state index in [1.807, 2.05) is 0 Å². The number of hydrogen-bond acceptors (Lipinski definition) is 1. The second kappa shape index (κ2) is 9.79. The van der Waals surface area contributed by atoms with Crippen LogP contribution in [0, 0.1) is 5.92 Å². The first-order valence-corrected chi connectivity index (χ1v) is 6.32. The summed E-state index contributed by atoms with van der Waals surface area (Å²) in [5.74, 6) is 0.746. The topological polar surface area (TPSA) is 9.23 Å². The van der Waals surface area contributed by atoms with Crippen molar-refractivity contribution >= 4 is 11.6 Å². The third-order valence-electron chi connectivity index (χ3n) is 2.25. The molecular formula is C12H25ClO. The van der Waals surface area contributed by atoms with Crippen molar-refractivity contribution in [3.8, 4) is 0 Å². The zero-order chi connectivity index (χ0) is 10.8. The molecule has 1 nitrogen and oxygen atoms in total. The molecule has 86 valence electrons. The molecule has 0 aliphatic rings. The van der Waals surface area contributed by atoms with Gasteiger partial charge in [-0.3, -0.25) is 0 Å². The van der Waals surface area contributed by atoms with Crippen LogP contribution >= 0.6 is 11.6 Å². The minimum absolute atomic E-state index is 0.355. The molecule has 0 aliphatic heterocycles. The van der Waals surface area contributed by atoms with E-state index in [1.54, 1.807) is 0 Å². The second-order valence-electron chi connectivity index (χ2n) is 4.32. The van der Waals surface area contributed by atoms with E-state index >= 15 is 0 Å². The summed E-state index contributed by atoms with van der Waals surface area (Å²) in [6, 6.07) is 0. The SMILES string of the molecule is CCCC(Cl)CCCOCCC(C)C. The first-order valence-electron chi connectivity index (χ1n) is 5.88. The van der Waals surface area contributed by atoms with E-state index in [2.05, 4.69) is 20.8 Å². The normalized spacial score (nSPS) is 13.5. The van der Waals surface area contributed by atoms with E-state index in [0.29, 0.717) is 5.38 Å². The highest BCUT2D eigenvalue weighted by molar-refractivity contribution is 6.20. The van der Waals surface area contributed by atoms with Crippen molar-refractivity contribution in [2.45, 2.75) is 58.3 Å². The molecule has 14 heavy (non-hydrogen) atoms. The number of alkyl halides is 1. The number of rotatable bonds is 9. The number of ether oxygens (including phenoxy) is 1. The minimum atomic E-state index is 0.355. The summed E-state index contributed by atoms with van der Waals surface area (Å²) in [6.07, 6.45) is 5.68. The molecule has 0 aromatic heterocycles. The van der Waals surface area contributed by atoms with Crippen molar-refractivity contribution < 1.29 is 4.74 Å². The maximum Gasteiger partial charge on any atom is 0.0468 e. The maximum atomic E-state index is 6.09. The molecule has 0 N–H and O–H groups in total. The van der Waals surface area contributed by atoms with E-state index in [9.17, 15) is 0 Å². The number of hydrogen-bond donors (Lipinski definition) is 0. The standard InChI is InChI=1S/C12H25ClO/c1-4-6-12(13)7-5-9-14-10-8-11(2)3/h11-12H,4-10H2,1-3H3. The molecule has 0 fully saturated rings. The van der Waals surface area contributed by atoms with Gasteiger partial charge in [-0.05, 0) is 31.6 Å². The van der Waals surface area contributed by atoms with Crippen LogP contribution in [0.25, 0.3) is 0 Å². The minimum Gasteiger partial charge on any atom is -0.381 e. The second-order valence-corrected chi connectivity index (χ2v) is 4.94. The average Bonchev–Trinajstić information content (AvgIpc) is 2.11. The van der Waals surface area contributed by atoms with Gasteiger partial charge < -0.3 is 4.74 Å². The monoisotopic (exact) mass is 220 g/mol. The molecule has 0 spiro atoms. The average molecular weight is 221 g/mol. The molecule has 0 heterocycles. The molecule has 0 radical (unpaired) electrons. The molecule has 2 heteroatoms. The van der Waals surface area contributed by atoms with Crippen molar-refractivity contribution in [3.63, 3.8) is 0 Å². The maximum absolute atomic E-state index is 6.09. The number of halogens is 1. The van der Waals surface area contributed by atoms with Gasteiger partial charge in [0.05, 0.1) is 0 Å². The molecule has 0 aromatic carbocycles. The smallest absolute Gasteiger partial charge is 0.0468 e. The lowest BCUT2D eigenvalue weighted by Crippen LogP contribution is -2.04. The highest BCUT2D eigenvalue weighted by Crippen LogP contribution is 2.11. The van der Waals surface area contributed by atoms with Crippen molar-refractivity contribution in [3.05, 3.63) is 0 Å². The summed E-state index contributed by atoms with van der Waals surface area (Å²) < 4.78 is 5.51. The van der Waals surface area contributed by atoms with Crippen LogP contribution in [0.3, 0.4) is 0 Å². The van der Waals surface area contributed by atoms with Gasteiger partial charge in [0.1, 0.15) is 0 Å². The molecule has 0 aliphatic carbocycles. The quantitative estimate of drug-likeness (QED) is 0.417. The van der Waals surface area contributed by atoms with E-state index in [4.69, 9.17) is 16.3 Å². The summed E-state index contributed by atoms with van der Waals surface area (Å²) >= 11 is 6.09. The van der Waals surface area contributed by atoms with Gasteiger partial charge in [0, 0.05) is 18.6 Å². The Morgan fingerprint density at radius 2 is 1.79 bits per heavy atom. The Hall–Kier alpha value is 0.250. The summed E-state index contributed by atoms with van der Waals surface area (Å²) in [6.45, 7) is 8.39. The first kappa shape index (κ1) is 14.2. The van der Waals surface area contributed by atoms with Gasteiger partial charge in [-0.1, -0.05) is 27.2 Å². The van der Waals surface area contributed by atoms with Crippen LogP contribution < -0.4 is 0 Å². The predicted molar refractivity (Wildman–Crippen MR) is 64.1 cm³/mol. The molecule has 0 bridgehead atoms. The van der Waals surface area contributed by atoms with Crippen LogP contribution in [0.5, 0.6) is 0 Å². The van der Waals surface area contributed by atoms with E-state index in [1.165, 1.54) is 12.8 Å². The lowest BCUT2D eigenvalue weighted by atomic mass is 10.1. The largest absolute Gasteiger partial charge is 0.381 e. The molecule has 0 saturated heterocycles. The van der Waals surface area contributed by atoms with Gasteiger partial charge >= 0.3 is 0 Å². The van der Waals surface area contributed by atoms with Crippen LogP contribution in [0.1, 0.15) is 52.9 Å². The highest BCUT2D eigenvalue weighted by Gasteiger charge is 2.02. The van der Waals surface area contributed by atoms with Crippen LogP contribution in [0.4, 0.5) is 0 Å². The lowest BCUT2D eigenvalue weighted by Gasteiger charge is -2.09. The molecule has 1 unspecified atom stereocenters. The van der Waals surface area contributed by atoms with Gasteiger partial charge in [-0.2, -0.15) is 0 Å². The van der Waals surface area contributed by atoms with Gasteiger partial charge in [-0.25, -0.2) is 0 Å². The Balaban J connectivity index is 3.05. The first-order chi connectivity index (χ1) is 6.66. The Labute approximate surface area is 94.2 Å². The third-order valence-corrected chi connectivity index (χ3v) is 2.68. The Morgan fingerprint density at radius 3 is 2.36 bits per heavy atom. The summed E-state index contributed by atoms with van der Waals surface area (Å²) in [7, 11) is 0. The van der Waals surface area contributed by atoms with Crippen molar-refractivity contribution in [2.75, 3.05) is 13.2 Å². The summed E-state index contributed by atoms with van der Waals surface area (Å²) in [4.78, 5) is 0. The van der Waals surface area contributed by atoms with Crippen LogP contribution in [0.2, 0.25) is 0 Å². The van der Waals surface area contributed by atoms with E-state index < -0.39 is 0 Å². The lowest BCUT2D eigenvalue weighted by molar-refractivity contribution is 0.120. The molecule has 0 amide bonds. The van der Waals surface area contributed by atoms with Crippen molar-refractivity contribution in [1.82, 2.24) is 0 Å². The zero-order valence-electron chi connectivity index (χ0n) is 9.89. The molecule has 0 saturated carbocycles. The molecule has 1 atom stereocenters. The third kappa shape index (κ3) is 10.3. The highest BCUT2D eigenvalue weighted by atomic mass is 35.5. The molecule has 0 rings (SSSR count). The fourth-order valence-electron chi connectivity index (χ4n) is 1.29. The van der Waals surface area contributed by atoms with Crippen molar-refractivity contribution in [2.24, 2.45) is 5.92 Å². The van der Waals surface area contributed by atoms with Crippen LogP contribution in [0.15, 0.2) is 0 Å². The fourth-order valence-corrected chi connectivity index (χ4v) is 1.66. The van der Waals surface area contributed by atoms with Gasteiger partial charge in [-0.15, -0.1) is 11.6 Å². The molecular weight excluding hydrogens is 196 g/mol. The molecule has 0 aromatic rings. The summed E-state index contributed by atoms with van der Waals surface area (Å²) in [5, 5.41) is 0.355. The van der Waals surface area contributed by atoms with E-state index in [-0.39, 0.29) is 0 Å². The van der Waals surface area contributed by atoms with Crippen LogP contribution in [-0.2, 0) is 4.74 Å². The Kier molecular flexibility index (Phi) is 9.97. The summed E-state index contributed by atoms with van der Waals surface area (Å²) in [5.41, 5.74) is 0. The fraction of sp³-hybridized carbons (Fsp3) is 1.00. The van der Waals surface area contributed by atoms with Crippen LogP contribution in [-0.4, -0.2) is 18.6 Å². The Bertz CT molecular complexity index is 115. The zero-order valence-corrected chi connectivity index (χ0v) is 10.6. The van der Waals surface area contributed by atoms with E-state index in [0.717, 1.165) is 38.4 Å². The Morgan fingerprint density at radius 1 is 1.07 bits per heavy atom. The van der Waals surface area contributed by atoms with Gasteiger partial charge in [0.15, 0.2) is 0 Å². The van der Waals surface area contributed by atoms with Gasteiger partial charge in [0.25, 0.3) is 0 Å². The predicted octanol–water partition coefficient (Wildman–Crippen LogP) is 4.24.